The van der Waals surface area contributed by atoms with Crippen LogP contribution >= 0.6 is 11.6 Å². The highest BCUT2D eigenvalue weighted by Gasteiger charge is 2.14. The number of furan rings is 1. The van der Waals surface area contributed by atoms with E-state index in [0.29, 0.717) is 11.5 Å². The summed E-state index contributed by atoms with van der Waals surface area (Å²) in [6.07, 6.45) is 1.46. The zero-order chi connectivity index (χ0) is 16.1. The summed E-state index contributed by atoms with van der Waals surface area (Å²) in [5.41, 5.74) is 2.68. The molecule has 0 saturated carbocycles. The number of anilines is 1. The van der Waals surface area contributed by atoms with Gasteiger partial charge in [-0.3, -0.25) is 9.59 Å². The molecular weight excluding hydrogens is 313 g/mol. The van der Waals surface area contributed by atoms with Gasteiger partial charge in [-0.25, -0.2) is 9.82 Å². The highest BCUT2D eigenvalue weighted by atomic mass is 35.5. The van der Waals surface area contributed by atoms with E-state index in [2.05, 4.69) is 15.8 Å². The maximum Gasteiger partial charge on any atom is 0.329 e. The first-order chi connectivity index (χ1) is 10.5. The van der Waals surface area contributed by atoms with E-state index in [4.69, 9.17) is 16.0 Å². The Morgan fingerprint density at radius 3 is 2.68 bits per heavy atom. The van der Waals surface area contributed by atoms with Gasteiger partial charge in [-0.15, -0.1) is 0 Å². The maximum atomic E-state index is 13.0. The van der Waals surface area contributed by atoms with E-state index in [9.17, 15) is 14.0 Å². The summed E-state index contributed by atoms with van der Waals surface area (Å²) in [5.74, 6) is -2.10. The highest BCUT2D eigenvalue weighted by Crippen LogP contribution is 2.19. The molecule has 0 bridgehead atoms. The molecule has 1 aromatic carbocycles. The van der Waals surface area contributed by atoms with Crippen molar-refractivity contribution in [3.8, 4) is 0 Å². The molecule has 2 aromatic rings. The number of amides is 2. The molecule has 0 unspecified atom stereocenters. The number of hydrogen-bond donors (Lipinski definition) is 2. The molecular formula is C14H11ClFN3O3. The predicted octanol–water partition coefficient (Wildman–Crippen LogP) is 2.55. The predicted molar refractivity (Wildman–Crippen MR) is 79.1 cm³/mol. The third-order valence-electron chi connectivity index (χ3n) is 2.59. The second-order valence-corrected chi connectivity index (χ2v) is 4.61. The van der Waals surface area contributed by atoms with Crippen molar-refractivity contribution in [3.63, 3.8) is 0 Å². The molecule has 2 amide bonds. The van der Waals surface area contributed by atoms with Gasteiger partial charge in [0.05, 0.1) is 11.3 Å². The molecule has 6 nitrogen and oxygen atoms in total. The molecule has 0 saturated heterocycles. The van der Waals surface area contributed by atoms with Gasteiger partial charge in [0.1, 0.15) is 17.3 Å². The van der Waals surface area contributed by atoms with Gasteiger partial charge in [0, 0.05) is 5.69 Å². The SMILES string of the molecule is C/C(=N/NC(=O)C(=O)Nc1ccc(F)c(Cl)c1)c1ccco1. The van der Waals surface area contributed by atoms with Crippen molar-refractivity contribution in [2.24, 2.45) is 5.10 Å². The molecule has 0 fully saturated rings. The molecule has 8 heteroatoms. The lowest BCUT2D eigenvalue weighted by molar-refractivity contribution is -0.136. The number of hydrazone groups is 1. The van der Waals surface area contributed by atoms with Crippen LogP contribution in [0.2, 0.25) is 5.02 Å². The molecule has 0 aliphatic carbocycles. The molecule has 0 aliphatic heterocycles. The summed E-state index contributed by atoms with van der Waals surface area (Å²) in [7, 11) is 0. The van der Waals surface area contributed by atoms with Crippen LogP contribution in [0.5, 0.6) is 0 Å². The molecule has 22 heavy (non-hydrogen) atoms. The molecule has 0 spiro atoms. The fourth-order valence-electron chi connectivity index (χ4n) is 1.49. The largest absolute Gasteiger partial charge is 0.463 e. The maximum absolute atomic E-state index is 13.0. The molecule has 0 atom stereocenters. The molecule has 1 aromatic heterocycles. The Morgan fingerprint density at radius 1 is 1.27 bits per heavy atom. The van der Waals surface area contributed by atoms with Gasteiger partial charge in [0.15, 0.2) is 0 Å². The van der Waals surface area contributed by atoms with Crippen molar-refractivity contribution in [3.05, 3.63) is 53.2 Å². The topological polar surface area (TPSA) is 83.7 Å². The Kier molecular flexibility index (Phi) is 4.90. The van der Waals surface area contributed by atoms with Gasteiger partial charge >= 0.3 is 11.8 Å². The minimum absolute atomic E-state index is 0.162. The van der Waals surface area contributed by atoms with Crippen molar-refractivity contribution in [2.45, 2.75) is 6.92 Å². The molecule has 114 valence electrons. The molecule has 0 radical (unpaired) electrons. The standard InChI is InChI=1S/C14H11ClFN3O3/c1-8(12-3-2-6-22-12)18-19-14(21)13(20)17-9-4-5-11(16)10(15)7-9/h2-7H,1H3,(H,17,20)(H,19,21)/b18-8-. The van der Waals surface area contributed by atoms with Gasteiger partial charge in [0.25, 0.3) is 0 Å². The van der Waals surface area contributed by atoms with E-state index in [1.54, 1.807) is 19.1 Å². The van der Waals surface area contributed by atoms with E-state index in [1.165, 1.54) is 18.4 Å². The number of carbonyl (C=O) groups is 2. The molecule has 1 heterocycles. The highest BCUT2D eigenvalue weighted by molar-refractivity contribution is 6.39. The quantitative estimate of drug-likeness (QED) is 0.517. The Labute approximate surface area is 129 Å². The van der Waals surface area contributed by atoms with Crippen molar-refractivity contribution >= 4 is 34.8 Å². The Hall–Kier alpha value is -2.67. The summed E-state index contributed by atoms with van der Waals surface area (Å²) in [4.78, 5) is 23.3. The van der Waals surface area contributed by atoms with E-state index < -0.39 is 17.6 Å². The van der Waals surface area contributed by atoms with Crippen LogP contribution in [0.3, 0.4) is 0 Å². The minimum atomic E-state index is -0.980. The summed E-state index contributed by atoms with van der Waals surface area (Å²) in [6.45, 7) is 1.61. The summed E-state index contributed by atoms with van der Waals surface area (Å²) < 4.78 is 18.1. The number of hydrogen-bond acceptors (Lipinski definition) is 4. The monoisotopic (exact) mass is 323 g/mol. The first-order valence-corrected chi connectivity index (χ1v) is 6.49. The third-order valence-corrected chi connectivity index (χ3v) is 2.88. The van der Waals surface area contributed by atoms with E-state index in [0.717, 1.165) is 6.07 Å². The normalized spacial score (nSPS) is 11.1. The summed E-state index contributed by atoms with van der Waals surface area (Å²) in [6, 6.07) is 6.88. The average molecular weight is 324 g/mol. The zero-order valence-corrected chi connectivity index (χ0v) is 12.1. The van der Waals surface area contributed by atoms with Crippen LogP contribution in [0.1, 0.15) is 12.7 Å². The van der Waals surface area contributed by atoms with Crippen LogP contribution in [-0.2, 0) is 9.59 Å². The number of benzene rings is 1. The van der Waals surface area contributed by atoms with Gasteiger partial charge in [0.2, 0.25) is 0 Å². The first kappa shape index (κ1) is 15.7. The zero-order valence-electron chi connectivity index (χ0n) is 11.4. The average Bonchev–Trinajstić information content (AvgIpc) is 3.02. The fraction of sp³-hybridized carbons (Fsp3) is 0.0714. The van der Waals surface area contributed by atoms with Gasteiger partial charge in [-0.2, -0.15) is 5.10 Å². The van der Waals surface area contributed by atoms with Crippen LogP contribution in [0.15, 0.2) is 46.1 Å². The van der Waals surface area contributed by atoms with Crippen LogP contribution in [-0.4, -0.2) is 17.5 Å². The first-order valence-electron chi connectivity index (χ1n) is 6.12. The number of carbonyl (C=O) groups excluding carboxylic acids is 2. The van der Waals surface area contributed by atoms with Gasteiger partial charge < -0.3 is 9.73 Å². The summed E-state index contributed by atoms with van der Waals surface area (Å²) in [5, 5.41) is 5.85. The third kappa shape index (κ3) is 3.92. The Morgan fingerprint density at radius 2 is 2.05 bits per heavy atom. The Balaban J connectivity index is 1.96. The van der Waals surface area contributed by atoms with Gasteiger partial charge in [-0.1, -0.05) is 11.6 Å². The van der Waals surface area contributed by atoms with E-state index in [-0.39, 0.29) is 10.7 Å². The van der Waals surface area contributed by atoms with E-state index in [1.807, 2.05) is 0 Å². The van der Waals surface area contributed by atoms with Crippen LogP contribution in [0.4, 0.5) is 10.1 Å². The smallest absolute Gasteiger partial charge is 0.329 e. The lowest BCUT2D eigenvalue weighted by Gasteiger charge is -2.05. The van der Waals surface area contributed by atoms with E-state index >= 15 is 0 Å². The van der Waals surface area contributed by atoms with Gasteiger partial charge in [-0.05, 0) is 37.3 Å². The second-order valence-electron chi connectivity index (χ2n) is 4.20. The lowest BCUT2D eigenvalue weighted by atomic mass is 10.3. The summed E-state index contributed by atoms with van der Waals surface area (Å²) >= 11 is 5.58. The van der Waals surface area contributed by atoms with Crippen molar-refractivity contribution in [1.82, 2.24) is 5.43 Å². The minimum Gasteiger partial charge on any atom is -0.463 e. The van der Waals surface area contributed by atoms with Crippen molar-refractivity contribution < 1.29 is 18.4 Å². The van der Waals surface area contributed by atoms with Crippen LogP contribution in [0.25, 0.3) is 0 Å². The lowest BCUT2D eigenvalue weighted by Crippen LogP contribution is -2.32. The Bertz CT molecular complexity index is 729. The molecule has 2 N–H and O–H groups in total. The van der Waals surface area contributed by atoms with Crippen molar-refractivity contribution in [1.29, 1.82) is 0 Å². The second kappa shape index (κ2) is 6.86. The van der Waals surface area contributed by atoms with Crippen molar-refractivity contribution in [2.75, 3.05) is 5.32 Å². The van der Waals surface area contributed by atoms with Crippen LogP contribution < -0.4 is 10.7 Å². The fourth-order valence-corrected chi connectivity index (χ4v) is 1.67. The number of rotatable bonds is 3. The number of nitrogens with one attached hydrogen (secondary N) is 2. The number of nitrogens with zero attached hydrogens (tertiary/aromatic N) is 1. The van der Waals surface area contributed by atoms with Crippen LogP contribution in [0, 0.1) is 5.82 Å². The molecule has 2 rings (SSSR count). The molecule has 0 aliphatic rings. The number of halogens is 2.